The Kier molecular flexibility index (Phi) is 7.74. The van der Waals surface area contributed by atoms with Gasteiger partial charge in [0.2, 0.25) is 0 Å². The highest BCUT2D eigenvalue weighted by atomic mass is 16.5. The zero-order valence-corrected chi connectivity index (χ0v) is 21.5. The fraction of sp³-hybridized carbons (Fsp3) is 0.444. The molecule has 8 unspecified atom stereocenters. The van der Waals surface area contributed by atoms with Crippen LogP contribution in [0.4, 0.5) is 0 Å². The van der Waals surface area contributed by atoms with Crippen molar-refractivity contribution in [3.05, 3.63) is 51.7 Å². The number of methoxy groups -OCH3 is 2. The van der Waals surface area contributed by atoms with Gasteiger partial charge in [-0.15, -0.1) is 0 Å². The molecule has 0 radical (unpaired) electrons. The molecule has 2 saturated heterocycles. The van der Waals surface area contributed by atoms with Crippen molar-refractivity contribution in [2.75, 3.05) is 27.4 Å². The second-order valence-electron chi connectivity index (χ2n) is 9.72. The van der Waals surface area contributed by atoms with E-state index in [1.165, 1.54) is 14.2 Å². The molecule has 0 amide bonds. The minimum absolute atomic E-state index is 0.0778. The number of phenolic OH excluding ortho intramolecular Hbond substituents is 1. The maximum absolute atomic E-state index is 13.5. The summed E-state index contributed by atoms with van der Waals surface area (Å²) in [7, 11) is 2.71. The molecular weight excluding hydrogens is 532 g/mol. The molecule has 2 fully saturated rings. The summed E-state index contributed by atoms with van der Waals surface area (Å²) < 4.78 is 28.1. The smallest absolute Gasteiger partial charge is 0.197 e. The molecule has 40 heavy (non-hydrogen) atoms. The fourth-order valence-electron chi connectivity index (χ4n) is 5.16. The molecule has 3 heterocycles. The Balaban J connectivity index is 1.81. The molecule has 3 aromatic rings. The zero-order valence-electron chi connectivity index (χ0n) is 21.5. The average Bonchev–Trinajstić information content (AvgIpc) is 2.95. The molecule has 0 bridgehead atoms. The molecule has 5 rings (SSSR count). The monoisotopic (exact) mass is 562 g/mol. The summed E-state index contributed by atoms with van der Waals surface area (Å²) in [4.78, 5) is 13.5. The van der Waals surface area contributed by atoms with Crippen LogP contribution in [0.25, 0.3) is 22.3 Å². The third-order valence-electron chi connectivity index (χ3n) is 7.32. The Labute approximate surface area is 227 Å². The predicted octanol–water partition coefficient (Wildman–Crippen LogP) is -0.509. The first kappa shape index (κ1) is 28.3. The number of fused-ring (bicyclic) bond motifs is 1. The molecular formula is C27H30O13. The molecule has 0 spiro atoms. The van der Waals surface area contributed by atoms with E-state index in [-0.39, 0.29) is 33.6 Å². The number of benzene rings is 2. The van der Waals surface area contributed by atoms with Gasteiger partial charge in [0.05, 0.1) is 38.6 Å². The minimum atomic E-state index is -1.76. The van der Waals surface area contributed by atoms with Gasteiger partial charge in [0, 0.05) is 11.6 Å². The summed E-state index contributed by atoms with van der Waals surface area (Å²) in [5.41, 5.74) is -0.893. The van der Waals surface area contributed by atoms with Gasteiger partial charge in [-0.05, 0) is 24.3 Å². The van der Waals surface area contributed by atoms with Crippen molar-refractivity contribution in [1.29, 1.82) is 0 Å². The van der Waals surface area contributed by atoms with Crippen LogP contribution in [0.2, 0.25) is 0 Å². The van der Waals surface area contributed by atoms with E-state index in [4.69, 9.17) is 23.4 Å². The van der Waals surface area contributed by atoms with Gasteiger partial charge >= 0.3 is 0 Å². The van der Waals surface area contributed by atoms with Crippen LogP contribution >= 0.6 is 0 Å². The summed E-state index contributed by atoms with van der Waals surface area (Å²) in [5, 5.41) is 73.4. The highest BCUT2D eigenvalue weighted by molar-refractivity contribution is 5.92. The Bertz CT molecular complexity index is 1440. The van der Waals surface area contributed by atoms with E-state index >= 15 is 0 Å². The predicted molar refractivity (Wildman–Crippen MR) is 136 cm³/mol. The Morgan fingerprint density at radius 1 is 0.775 bits per heavy atom. The van der Waals surface area contributed by atoms with Gasteiger partial charge in [0.1, 0.15) is 77.2 Å². The van der Waals surface area contributed by atoms with Crippen molar-refractivity contribution in [1.82, 2.24) is 0 Å². The lowest BCUT2D eigenvalue weighted by Gasteiger charge is -2.38. The topological polar surface area (TPSA) is 209 Å². The first-order valence-electron chi connectivity index (χ1n) is 12.5. The number of aromatic hydroxyl groups is 1. The number of phenols is 1. The third-order valence-corrected chi connectivity index (χ3v) is 7.32. The molecule has 2 aliphatic rings. The van der Waals surface area contributed by atoms with E-state index < -0.39 is 73.2 Å². The second-order valence-corrected chi connectivity index (χ2v) is 9.72. The van der Waals surface area contributed by atoms with Gasteiger partial charge in [0.15, 0.2) is 11.0 Å². The highest BCUT2D eigenvalue weighted by Crippen LogP contribution is 2.50. The van der Waals surface area contributed by atoms with Crippen LogP contribution in [-0.4, -0.2) is 99.8 Å². The van der Waals surface area contributed by atoms with E-state index in [9.17, 15) is 40.5 Å². The Morgan fingerprint density at radius 3 is 1.85 bits per heavy atom. The van der Waals surface area contributed by atoms with Gasteiger partial charge < -0.3 is 59.1 Å². The van der Waals surface area contributed by atoms with Crippen molar-refractivity contribution in [3.8, 4) is 28.6 Å². The van der Waals surface area contributed by atoms with E-state index in [2.05, 4.69) is 0 Å². The molecule has 216 valence electrons. The van der Waals surface area contributed by atoms with Crippen LogP contribution < -0.4 is 14.9 Å². The maximum atomic E-state index is 13.5. The van der Waals surface area contributed by atoms with E-state index in [1.54, 1.807) is 24.3 Å². The molecule has 2 aliphatic heterocycles. The second kappa shape index (κ2) is 11.0. The van der Waals surface area contributed by atoms with Gasteiger partial charge in [-0.2, -0.15) is 0 Å². The standard InChI is InChI=1S/C27H30O13/c1-36-11-5-3-10(4-6-11)15-7-12(28)16-21(33)17(26-22(34)19(31)13(29)8-38-26)24(37-2)18(25(16)40-15)27-23(35)20(32)14(30)9-39-27/h3-7,13-14,19-20,22-23,26-27,29-35H,8-9H2,1-2H3. The number of rotatable bonds is 5. The largest absolute Gasteiger partial charge is 0.506 e. The number of aliphatic hydroxyl groups is 6. The van der Waals surface area contributed by atoms with E-state index in [0.717, 1.165) is 6.07 Å². The van der Waals surface area contributed by atoms with Crippen molar-refractivity contribution < 1.29 is 59.1 Å². The van der Waals surface area contributed by atoms with Crippen LogP contribution in [0, 0.1) is 0 Å². The van der Waals surface area contributed by atoms with E-state index in [1.807, 2.05) is 0 Å². The summed E-state index contributed by atoms with van der Waals surface area (Å²) in [6.45, 7) is -0.822. The van der Waals surface area contributed by atoms with Crippen LogP contribution in [0.15, 0.2) is 39.5 Å². The lowest BCUT2D eigenvalue weighted by molar-refractivity contribution is -0.191. The molecule has 13 nitrogen and oxygen atoms in total. The number of aliphatic hydroxyl groups excluding tert-OH is 6. The van der Waals surface area contributed by atoms with Crippen molar-refractivity contribution in [2.24, 2.45) is 0 Å². The summed E-state index contributed by atoms with van der Waals surface area (Å²) >= 11 is 0. The summed E-state index contributed by atoms with van der Waals surface area (Å²) in [6, 6.07) is 7.71. The van der Waals surface area contributed by atoms with Crippen molar-refractivity contribution >= 4 is 11.0 Å². The van der Waals surface area contributed by atoms with Gasteiger partial charge in [-0.1, -0.05) is 0 Å². The molecule has 7 N–H and O–H groups in total. The zero-order chi connectivity index (χ0) is 28.9. The molecule has 0 aliphatic carbocycles. The quantitative estimate of drug-likeness (QED) is 0.209. The fourth-order valence-corrected chi connectivity index (χ4v) is 5.16. The Hall–Kier alpha value is -3.27. The molecule has 2 aromatic carbocycles. The minimum Gasteiger partial charge on any atom is -0.506 e. The lowest BCUT2D eigenvalue weighted by Crippen LogP contribution is -2.49. The first-order chi connectivity index (χ1) is 19.1. The number of hydrogen-bond acceptors (Lipinski definition) is 13. The highest BCUT2D eigenvalue weighted by Gasteiger charge is 2.46. The molecule has 13 heteroatoms. The molecule has 8 atom stereocenters. The van der Waals surface area contributed by atoms with Crippen LogP contribution in [0.3, 0.4) is 0 Å². The average molecular weight is 563 g/mol. The first-order valence-corrected chi connectivity index (χ1v) is 12.5. The van der Waals surface area contributed by atoms with Crippen molar-refractivity contribution in [3.63, 3.8) is 0 Å². The molecule has 1 aromatic heterocycles. The third kappa shape index (κ3) is 4.60. The van der Waals surface area contributed by atoms with Crippen molar-refractivity contribution in [2.45, 2.75) is 48.8 Å². The van der Waals surface area contributed by atoms with E-state index in [0.29, 0.717) is 11.3 Å². The number of ether oxygens (including phenoxy) is 4. The maximum Gasteiger partial charge on any atom is 0.197 e. The molecule has 0 saturated carbocycles. The van der Waals surface area contributed by atoms with Gasteiger partial charge in [-0.25, -0.2) is 0 Å². The Morgan fingerprint density at radius 2 is 1.32 bits per heavy atom. The summed E-state index contributed by atoms with van der Waals surface area (Å²) in [6.07, 6.45) is -12.6. The summed E-state index contributed by atoms with van der Waals surface area (Å²) in [5.74, 6) is -0.292. The SMILES string of the molecule is COc1ccc(-c2cc(=O)c3c(O)c(C4OCC(O)C(O)C4O)c(OC)c(C4OCC(O)C(O)C4O)c3o2)cc1. The van der Waals surface area contributed by atoms with Gasteiger partial charge in [0.25, 0.3) is 0 Å². The van der Waals surface area contributed by atoms with Crippen LogP contribution in [-0.2, 0) is 9.47 Å². The van der Waals surface area contributed by atoms with Gasteiger partial charge in [-0.3, -0.25) is 4.79 Å². The number of hydrogen-bond donors (Lipinski definition) is 7. The normalized spacial score (nSPS) is 30.8. The van der Waals surface area contributed by atoms with Crippen LogP contribution in [0.5, 0.6) is 17.2 Å². The van der Waals surface area contributed by atoms with Crippen LogP contribution in [0.1, 0.15) is 23.3 Å². The lowest BCUT2D eigenvalue weighted by atomic mass is 9.86.